The molecule has 0 spiro atoms. The van der Waals surface area contributed by atoms with Gasteiger partial charge in [0, 0.05) is 12.7 Å². The summed E-state index contributed by atoms with van der Waals surface area (Å²) >= 11 is 0. The first kappa shape index (κ1) is 10.6. The smallest absolute Gasteiger partial charge is 0.0343 e. The number of hydrogen-bond acceptors (Lipinski definition) is 1. The van der Waals surface area contributed by atoms with Crippen LogP contribution in [0.15, 0.2) is 29.8 Å². The molecular formula is C13H17N. The molecule has 1 rings (SSSR count). The van der Waals surface area contributed by atoms with Crippen molar-refractivity contribution >= 4 is 18.3 Å². The Kier molecular flexibility index (Phi) is 3.52. The van der Waals surface area contributed by atoms with Gasteiger partial charge in [0.1, 0.15) is 0 Å². The second kappa shape index (κ2) is 4.66. The molecule has 0 amide bonds. The molecule has 0 fully saturated rings. The van der Waals surface area contributed by atoms with Gasteiger partial charge in [-0.05, 0) is 36.4 Å². The van der Waals surface area contributed by atoms with Crippen molar-refractivity contribution in [3.8, 4) is 0 Å². The van der Waals surface area contributed by atoms with Gasteiger partial charge in [-0.25, -0.2) is 0 Å². The Bertz CT molecular complexity index is 437. The zero-order chi connectivity index (χ0) is 10.6. The van der Waals surface area contributed by atoms with Crippen molar-refractivity contribution in [1.82, 2.24) is 0 Å². The third-order valence-corrected chi connectivity index (χ3v) is 2.03. The molecule has 0 atom stereocenters. The predicted octanol–water partition coefficient (Wildman–Crippen LogP) is 1.89. The first-order chi connectivity index (χ1) is 6.63. The second-order valence-electron chi connectivity index (χ2n) is 3.57. The molecule has 1 nitrogen and oxygen atoms in total. The monoisotopic (exact) mass is 187 g/mol. The fourth-order valence-corrected chi connectivity index (χ4v) is 1.16. The van der Waals surface area contributed by atoms with E-state index < -0.39 is 0 Å². The van der Waals surface area contributed by atoms with Crippen LogP contribution >= 0.6 is 0 Å². The van der Waals surface area contributed by atoms with Crippen molar-refractivity contribution in [3.05, 3.63) is 40.3 Å². The summed E-state index contributed by atoms with van der Waals surface area (Å²) in [5.74, 6) is 0. The fourth-order valence-electron chi connectivity index (χ4n) is 1.16. The highest BCUT2D eigenvalue weighted by Gasteiger charge is 1.87. The summed E-state index contributed by atoms with van der Waals surface area (Å²) < 4.78 is 0. The molecule has 0 aromatic heterocycles. The molecule has 0 unspecified atom stereocenters. The standard InChI is InChI=1S/C13H17N/c1-10(2)5-7-12-9-13(14-4)8-6-11(12)3/h5-9,14H,3H2,1-2,4H3/b12-7-. The summed E-state index contributed by atoms with van der Waals surface area (Å²) in [6.07, 6.45) is 4.20. The van der Waals surface area contributed by atoms with Crippen LogP contribution in [0.4, 0.5) is 5.69 Å². The van der Waals surface area contributed by atoms with Crippen LogP contribution in [0.1, 0.15) is 13.8 Å². The van der Waals surface area contributed by atoms with Gasteiger partial charge in [-0.15, -0.1) is 0 Å². The molecule has 74 valence electrons. The number of anilines is 1. The largest absolute Gasteiger partial charge is 0.388 e. The number of nitrogens with one attached hydrogen (secondary N) is 1. The van der Waals surface area contributed by atoms with E-state index in [0.717, 1.165) is 16.1 Å². The van der Waals surface area contributed by atoms with Crippen molar-refractivity contribution in [2.75, 3.05) is 12.4 Å². The molecule has 0 bridgehead atoms. The van der Waals surface area contributed by atoms with Crippen LogP contribution in [-0.4, -0.2) is 7.05 Å². The lowest BCUT2D eigenvalue weighted by Crippen LogP contribution is -2.22. The molecule has 0 saturated heterocycles. The predicted molar refractivity (Wildman–Crippen MR) is 64.7 cm³/mol. The fraction of sp³-hybridized carbons (Fsp3) is 0.231. The molecule has 14 heavy (non-hydrogen) atoms. The van der Waals surface area contributed by atoms with Crippen LogP contribution < -0.4 is 15.8 Å². The lowest BCUT2D eigenvalue weighted by Gasteiger charge is -1.98. The average Bonchev–Trinajstić information content (AvgIpc) is 2.16. The van der Waals surface area contributed by atoms with Gasteiger partial charge in [0.05, 0.1) is 0 Å². The zero-order valence-corrected chi connectivity index (χ0v) is 9.09. The molecule has 0 aliphatic rings. The minimum absolute atomic E-state index is 1.06. The third kappa shape index (κ3) is 2.77. The molecule has 1 heteroatoms. The molecule has 0 aliphatic carbocycles. The number of hydrogen-bond donors (Lipinski definition) is 1. The third-order valence-electron chi connectivity index (χ3n) is 2.03. The normalized spacial score (nSPS) is 11.2. The summed E-state index contributed by atoms with van der Waals surface area (Å²) in [6, 6.07) is 6.15. The van der Waals surface area contributed by atoms with Crippen LogP contribution in [0.5, 0.6) is 0 Å². The molecule has 1 N–H and O–H groups in total. The Hall–Kier alpha value is -1.50. The molecular weight excluding hydrogens is 170 g/mol. The molecule has 0 aliphatic heterocycles. The first-order valence-corrected chi connectivity index (χ1v) is 4.75. The Balaban J connectivity index is 3.26. The van der Waals surface area contributed by atoms with Crippen LogP contribution in [0.2, 0.25) is 0 Å². The molecule has 1 aromatic carbocycles. The topological polar surface area (TPSA) is 12.0 Å². The summed E-state index contributed by atoms with van der Waals surface area (Å²) in [5.41, 5.74) is 2.41. The minimum Gasteiger partial charge on any atom is -0.388 e. The van der Waals surface area contributed by atoms with E-state index >= 15 is 0 Å². The van der Waals surface area contributed by atoms with E-state index in [4.69, 9.17) is 0 Å². The maximum Gasteiger partial charge on any atom is 0.0343 e. The minimum atomic E-state index is 1.06. The maximum absolute atomic E-state index is 3.99. The van der Waals surface area contributed by atoms with E-state index in [1.807, 2.05) is 19.2 Å². The second-order valence-corrected chi connectivity index (χ2v) is 3.57. The van der Waals surface area contributed by atoms with Crippen molar-refractivity contribution in [3.63, 3.8) is 0 Å². The lowest BCUT2D eigenvalue weighted by atomic mass is 10.2. The van der Waals surface area contributed by atoms with Gasteiger partial charge in [0.25, 0.3) is 0 Å². The Morgan fingerprint density at radius 1 is 1.36 bits per heavy atom. The van der Waals surface area contributed by atoms with Gasteiger partial charge in [-0.1, -0.05) is 30.4 Å². The number of rotatable bonds is 2. The van der Waals surface area contributed by atoms with Crippen LogP contribution in [0.25, 0.3) is 12.7 Å². The Labute approximate surface area is 85.5 Å². The Morgan fingerprint density at radius 2 is 2.07 bits per heavy atom. The summed E-state index contributed by atoms with van der Waals surface area (Å²) in [6.45, 7) is 8.15. The van der Waals surface area contributed by atoms with E-state index in [1.165, 1.54) is 5.57 Å². The van der Waals surface area contributed by atoms with Crippen LogP contribution in [0, 0.1) is 0 Å². The lowest BCUT2D eigenvalue weighted by molar-refractivity contribution is 1.40. The highest BCUT2D eigenvalue weighted by atomic mass is 14.8. The van der Waals surface area contributed by atoms with Crippen molar-refractivity contribution in [2.45, 2.75) is 13.8 Å². The SMILES string of the molecule is C=c1ccc(NC)c/c1=C/C=C(C)C. The summed E-state index contributed by atoms with van der Waals surface area (Å²) in [5, 5.41) is 5.34. The number of benzene rings is 1. The molecule has 0 radical (unpaired) electrons. The quantitative estimate of drug-likeness (QED) is 0.745. The highest BCUT2D eigenvalue weighted by Crippen LogP contribution is 1.97. The summed E-state index contributed by atoms with van der Waals surface area (Å²) in [4.78, 5) is 0. The maximum atomic E-state index is 3.99. The van der Waals surface area contributed by atoms with Gasteiger partial charge in [0.15, 0.2) is 0 Å². The van der Waals surface area contributed by atoms with Crippen molar-refractivity contribution in [2.24, 2.45) is 0 Å². The molecule has 1 aromatic rings. The van der Waals surface area contributed by atoms with Gasteiger partial charge in [-0.3, -0.25) is 0 Å². The zero-order valence-electron chi connectivity index (χ0n) is 9.09. The van der Waals surface area contributed by atoms with E-state index in [0.29, 0.717) is 0 Å². The van der Waals surface area contributed by atoms with Gasteiger partial charge in [-0.2, -0.15) is 0 Å². The van der Waals surface area contributed by atoms with E-state index in [1.54, 1.807) is 0 Å². The van der Waals surface area contributed by atoms with Gasteiger partial charge >= 0.3 is 0 Å². The molecule has 0 saturated carbocycles. The van der Waals surface area contributed by atoms with Gasteiger partial charge in [0.2, 0.25) is 0 Å². The Morgan fingerprint density at radius 3 is 2.64 bits per heavy atom. The van der Waals surface area contributed by atoms with Crippen LogP contribution in [0.3, 0.4) is 0 Å². The van der Waals surface area contributed by atoms with E-state index in [9.17, 15) is 0 Å². The van der Waals surface area contributed by atoms with E-state index in [-0.39, 0.29) is 0 Å². The van der Waals surface area contributed by atoms with Crippen molar-refractivity contribution < 1.29 is 0 Å². The average molecular weight is 187 g/mol. The summed E-state index contributed by atoms with van der Waals surface area (Å²) in [7, 11) is 1.92. The van der Waals surface area contributed by atoms with Gasteiger partial charge < -0.3 is 5.32 Å². The first-order valence-electron chi connectivity index (χ1n) is 4.75. The highest BCUT2D eigenvalue weighted by molar-refractivity contribution is 5.48. The molecule has 0 heterocycles. The van der Waals surface area contributed by atoms with Crippen LogP contribution in [-0.2, 0) is 0 Å². The van der Waals surface area contributed by atoms with Crippen molar-refractivity contribution in [1.29, 1.82) is 0 Å². The van der Waals surface area contributed by atoms with E-state index in [2.05, 4.69) is 44.0 Å². The number of allylic oxidation sites excluding steroid dienone is 2.